The van der Waals surface area contributed by atoms with Gasteiger partial charge in [-0.3, -0.25) is 0 Å². The van der Waals surface area contributed by atoms with E-state index >= 15 is 0 Å². The maximum absolute atomic E-state index is 11.3. The van der Waals surface area contributed by atoms with Crippen LogP contribution >= 0.6 is 0 Å². The third kappa shape index (κ3) is 2.76. The quantitative estimate of drug-likeness (QED) is 0.576. The molecule has 0 aromatic rings. The Balaban J connectivity index is 0. The van der Waals surface area contributed by atoms with Crippen LogP contribution < -0.4 is 0 Å². The van der Waals surface area contributed by atoms with E-state index in [1.165, 1.54) is 0 Å². The molecule has 0 aliphatic rings. The van der Waals surface area contributed by atoms with Gasteiger partial charge in [0.2, 0.25) is 0 Å². The summed E-state index contributed by atoms with van der Waals surface area (Å²) < 4.78 is 55.5. The first-order valence-corrected chi connectivity index (χ1v) is 1.87. The molecule has 1 radical (unpaired) electrons. The summed E-state index contributed by atoms with van der Waals surface area (Å²) in [5.74, 6) is -8.84. The minimum absolute atomic E-state index is 0. The predicted molar refractivity (Wildman–Crippen MR) is 18.6 cm³/mol. The molecule has 0 heterocycles. The maximum atomic E-state index is 11.3. The first kappa shape index (κ1) is 13.5. The Bertz CT molecular complexity index is 152. The second kappa shape index (κ2) is 3.51. The number of carbonyl (C=O) groups is 1. The number of carboxylic acid groups (broad SMARTS) is 1. The monoisotopic (exact) mass is 271 g/mol. The van der Waals surface area contributed by atoms with E-state index in [4.69, 9.17) is 5.11 Å². The molecule has 0 amide bonds. The number of rotatable bonds is 1. The zero-order valence-corrected chi connectivity index (χ0v) is 6.03. The fourth-order valence-corrected chi connectivity index (χ4v) is 0.121. The van der Waals surface area contributed by atoms with Gasteiger partial charge in [-0.25, -0.2) is 4.79 Å². The number of hydrogen-bond donors (Lipinski definition) is 1. The molecule has 0 aliphatic carbocycles. The molecule has 0 atom stereocenters. The molecule has 0 saturated carbocycles. The van der Waals surface area contributed by atoms with E-state index < -0.39 is 18.1 Å². The summed E-state index contributed by atoms with van der Waals surface area (Å²) in [5.41, 5.74) is 0. The predicted octanol–water partition coefficient (Wildman–Crippen LogP) is 1.27. The summed E-state index contributed by atoms with van der Waals surface area (Å²) in [6.45, 7) is 0. The van der Waals surface area contributed by atoms with Crippen molar-refractivity contribution in [3.05, 3.63) is 0 Å². The molecule has 0 aliphatic heterocycles. The molecule has 0 spiro atoms. The third-order valence-electron chi connectivity index (χ3n) is 0.625. The van der Waals surface area contributed by atoms with Gasteiger partial charge < -0.3 is 5.11 Å². The SMILES string of the molecule is O=C(O)C(F)(F)C(F)(F)F.[Ag]. The van der Waals surface area contributed by atoms with E-state index in [9.17, 15) is 26.7 Å². The van der Waals surface area contributed by atoms with Crippen LogP contribution in [0.25, 0.3) is 0 Å². The van der Waals surface area contributed by atoms with Gasteiger partial charge in [-0.05, 0) is 0 Å². The molecule has 0 aromatic heterocycles. The molecule has 0 rings (SSSR count). The third-order valence-corrected chi connectivity index (χ3v) is 0.625. The number of halogens is 5. The standard InChI is InChI=1S/C3HF5O2.Ag/c4-2(5,1(9)10)3(6,7)8;/h(H,9,10);. The van der Waals surface area contributed by atoms with Crippen molar-refractivity contribution in [2.75, 3.05) is 0 Å². The summed E-state index contributed by atoms with van der Waals surface area (Å²) in [6, 6.07) is 0. The van der Waals surface area contributed by atoms with Crippen LogP contribution in [-0.2, 0) is 27.2 Å². The van der Waals surface area contributed by atoms with Crippen LogP contribution in [0.4, 0.5) is 22.0 Å². The molecule has 0 unspecified atom stereocenters. The van der Waals surface area contributed by atoms with Gasteiger partial charge in [-0.1, -0.05) is 0 Å². The molecule has 0 bridgehead atoms. The van der Waals surface area contributed by atoms with Crippen LogP contribution in [0.15, 0.2) is 0 Å². The van der Waals surface area contributed by atoms with Crippen molar-refractivity contribution < 1.29 is 54.2 Å². The average Bonchev–Trinajstić information content (AvgIpc) is 1.62. The summed E-state index contributed by atoms with van der Waals surface area (Å²) in [5, 5.41) is 7.31. The molecule has 11 heavy (non-hydrogen) atoms. The number of carboxylic acids is 1. The van der Waals surface area contributed by atoms with Crippen molar-refractivity contribution in [2.45, 2.75) is 12.1 Å². The zero-order valence-electron chi connectivity index (χ0n) is 4.55. The first-order chi connectivity index (χ1) is 4.19. The number of alkyl halides is 5. The smallest absolute Gasteiger partial charge is 0.465 e. The summed E-state index contributed by atoms with van der Waals surface area (Å²) in [6.07, 6.45) is -6.02. The van der Waals surface area contributed by atoms with Crippen LogP contribution in [0.2, 0.25) is 0 Å². The molecular formula is C3HAgF5O2. The van der Waals surface area contributed by atoms with Gasteiger partial charge in [-0.2, -0.15) is 22.0 Å². The molecule has 0 fully saturated rings. The second-order valence-corrected chi connectivity index (χ2v) is 1.38. The molecule has 71 valence electrons. The van der Waals surface area contributed by atoms with E-state index in [0.29, 0.717) is 0 Å². The summed E-state index contributed by atoms with van der Waals surface area (Å²) in [7, 11) is 0. The second-order valence-electron chi connectivity index (χ2n) is 1.38. The van der Waals surface area contributed by atoms with Gasteiger partial charge in [0.05, 0.1) is 0 Å². The average molecular weight is 272 g/mol. The Morgan fingerprint density at radius 2 is 1.36 bits per heavy atom. The van der Waals surface area contributed by atoms with Crippen molar-refractivity contribution in [1.82, 2.24) is 0 Å². The van der Waals surface area contributed by atoms with Crippen molar-refractivity contribution in [3.8, 4) is 0 Å². The van der Waals surface area contributed by atoms with Crippen LogP contribution in [0.1, 0.15) is 0 Å². The van der Waals surface area contributed by atoms with E-state index in [2.05, 4.69) is 0 Å². The Kier molecular flexibility index (Phi) is 4.29. The Morgan fingerprint density at radius 1 is 1.09 bits per heavy atom. The van der Waals surface area contributed by atoms with E-state index in [-0.39, 0.29) is 22.4 Å². The van der Waals surface area contributed by atoms with Crippen LogP contribution in [-0.4, -0.2) is 23.2 Å². The normalized spacial score (nSPS) is 12.1. The van der Waals surface area contributed by atoms with Crippen LogP contribution in [0, 0.1) is 0 Å². The first-order valence-electron chi connectivity index (χ1n) is 1.87. The van der Waals surface area contributed by atoms with E-state index in [0.717, 1.165) is 0 Å². The van der Waals surface area contributed by atoms with Gasteiger partial charge in [0.25, 0.3) is 0 Å². The molecule has 8 heteroatoms. The van der Waals surface area contributed by atoms with Gasteiger partial charge >= 0.3 is 18.1 Å². The van der Waals surface area contributed by atoms with Crippen molar-refractivity contribution in [2.24, 2.45) is 0 Å². The van der Waals surface area contributed by atoms with Gasteiger partial charge in [-0.15, -0.1) is 0 Å². The number of hydrogen-bond acceptors (Lipinski definition) is 1. The van der Waals surface area contributed by atoms with Crippen LogP contribution in [0.5, 0.6) is 0 Å². The Labute approximate surface area is 72.9 Å². The zero-order chi connectivity index (χ0) is 8.58. The minimum Gasteiger partial charge on any atom is -0.477 e. The Morgan fingerprint density at radius 3 is 1.36 bits per heavy atom. The fraction of sp³-hybridized carbons (Fsp3) is 0.667. The summed E-state index contributed by atoms with van der Waals surface area (Å²) >= 11 is 0. The van der Waals surface area contributed by atoms with E-state index in [1.54, 1.807) is 0 Å². The van der Waals surface area contributed by atoms with Crippen molar-refractivity contribution >= 4 is 5.97 Å². The number of aliphatic carboxylic acids is 1. The van der Waals surface area contributed by atoms with E-state index in [1.807, 2.05) is 0 Å². The molecule has 2 nitrogen and oxygen atoms in total. The molecule has 1 N–H and O–H groups in total. The van der Waals surface area contributed by atoms with Crippen LogP contribution in [0.3, 0.4) is 0 Å². The Hall–Kier alpha value is -0.140. The van der Waals surface area contributed by atoms with Gasteiger partial charge in [0.15, 0.2) is 0 Å². The van der Waals surface area contributed by atoms with Crippen molar-refractivity contribution in [1.29, 1.82) is 0 Å². The summed E-state index contributed by atoms with van der Waals surface area (Å²) in [4.78, 5) is 9.20. The van der Waals surface area contributed by atoms with Gasteiger partial charge in [0, 0.05) is 22.4 Å². The maximum Gasteiger partial charge on any atom is 0.465 e. The minimum atomic E-state index is -6.02. The molecule has 0 saturated heterocycles. The molecule has 0 aromatic carbocycles. The van der Waals surface area contributed by atoms with Gasteiger partial charge in [0.1, 0.15) is 0 Å². The topological polar surface area (TPSA) is 37.3 Å². The molecular weight excluding hydrogens is 271 g/mol. The fourth-order valence-electron chi connectivity index (χ4n) is 0.121. The van der Waals surface area contributed by atoms with Crippen molar-refractivity contribution in [3.63, 3.8) is 0 Å². The largest absolute Gasteiger partial charge is 0.477 e.